The van der Waals surface area contributed by atoms with Crippen LogP contribution in [0.15, 0.2) is 12.7 Å². The van der Waals surface area contributed by atoms with Crippen LogP contribution in [0.3, 0.4) is 0 Å². The van der Waals surface area contributed by atoms with Crippen LogP contribution in [0.5, 0.6) is 0 Å². The molecule has 7 heteroatoms. The van der Waals surface area contributed by atoms with Crippen molar-refractivity contribution in [2.45, 2.75) is 56.8 Å². The SMILES string of the molecule is C=CCC1(CCCC)CC(NC(=O)C(F)(F)F)C(=O)O1. The van der Waals surface area contributed by atoms with Gasteiger partial charge < -0.3 is 10.1 Å². The van der Waals surface area contributed by atoms with Gasteiger partial charge in [0.1, 0.15) is 11.6 Å². The van der Waals surface area contributed by atoms with Crippen molar-refractivity contribution in [3.63, 3.8) is 0 Å². The number of rotatable bonds is 6. The van der Waals surface area contributed by atoms with Crippen molar-refractivity contribution in [2.75, 3.05) is 0 Å². The molecule has 0 radical (unpaired) electrons. The van der Waals surface area contributed by atoms with E-state index in [4.69, 9.17) is 4.74 Å². The Labute approximate surface area is 115 Å². The number of unbranched alkanes of at least 4 members (excludes halogenated alkanes) is 1. The van der Waals surface area contributed by atoms with Crippen molar-refractivity contribution >= 4 is 11.9 Å². The van der Waals surface area contributed by atoms with Crippen LogP contribution in [-0.2, 0) is 14.3 Å². The maximum atomic E-state index is 12.2. The molecule has 2 atom stereocenters. The third-order valence-corrected chi connectivity index (χ3v) is 3.24. The summed E-state index contributed by atoms with van der Waals surface area (Å²) in [6, 6.07) is -1.25. The molecule has 1 amide bonds. The lowest BCUT2D eigenvalue weighted by molar-refractivity contribution is -0.175. The van der Waals surface area contributed by atoms with Gasteiger partial charge in [-0.05, 0) is 12.8 Å². The molecule has 0 aromatic carbocycles. The van der Waals surface area contributed by atoms with E-state index < -0.39 is 29.7 Å². The lowest BCUT2D eigenvalue weighted by Crippen LogP contribution is -2.45. The van der Waals surface area contributed by atoms with Crippen LogP contribution < -0.4 is 5.32 Å². The number of ether oxygens (including phenoxy) is 1. The first-order valence-corrected chi connectivity index (χ1v) is 6.45. The van der Waals surface area contributed by atoms with Gasteiger partial charge in [0.2, 0.25) is 0 Å². The van der Waals surface area contributed by atoms with Crippen LogP contribution in [0.4, 0.5) is 13.2 Å². The predicted octanol–water partition coefficient (Wildman–Crippen LogP) is 2.49. The summed E-state index contributed by atoms with van der Waals surface area (Å²) in [6.45, 7) is 5.53. The van der Waals surface area contributed by atoms with Gasteiger partial charge in [-0.25, -0.2) is 4.79 Å². The lowest BCUT2D eigenvalue weighted by Gasteiger charge is -2.26. The number of nitrogens with one attached hydrogen (secondary N) is 1. The number of amides is 1. The minimum absolute atomic E-state index is 0.0413. The van der Waals surface area contributed by atoms with E-state index in [2.05, 4.69) is 6.58 Å². The zero-order chi connectivity index (χ0) is 15.4. The number of hydrogen-bond donors (Lipinski definition) is 1. The zero-order valence-corrected chi connectivity index (χ0v) is 11.3. The molecule has 1 fully saturated rings. The highest BCUT2D eigenvalue weighted by Gasteiger charge is 2.49. The van der Waals surface area contributed by atoms with E-state index in [1.54, 1.807) is 11.4 Å². The Morgan fingerprint density at radius 1 is 1.60 bits per heavy atom. The van der Waals surface area contributed by atoms with E-state index in [1.807, 2.05) is 6.92 Å². The van der Waals surface area contributed by atoms with Crippen LogP contribution in [-0.4, -0.2) is 29.7 Å². The maximum absolute atomic E-state index is 12.2. The number of carbonyl (C=O) groups excluding carboxylic acids is 2. The molecule has 1 aliphatic heterocycles. The standard InChI is InChI=1S/C13H18F3NO3/c1-3-5-7-12(6-4-2)8-9(10(18)20-12)17-11(19)13(14,15)16/h4,9H,2-3,5-8H2,1H3,(H,17,19). The van der Waals surface area contributed by atoms with Crippen molar-refractivity contribution in [1.29, 1.82) is 0 Å². The quantitative estimate of drug-likeness (QED) is 0.604. The Morgan fingerprint density at radius 2 is 2.25 bits per heavy atom. The van der Waals surface area contributed by atoms with Crippen molar-refractivity contribution in [3.05, 3.63) is 12.7 Å². The van der Waals surface area contributed by atoms with Gasteiger partial charge in [0.15, 0.2) is 0 Å². The molecule has 1 rings (SSSR count). The van der Waals surface area contributed by atoms with Crippen LogP contribution in [0.1, 0.15) is 39.0 Å². The van der Waals surface area contributed by atoms with Gasteiger partial charge >= 0.3 is 18.1 Å². The average molecular weight is 293 g/mol. The number of halogens is 3. The lowest BCUT2D eigenvalue weighted by atomic mass is 9.88. The van der Waals surface area contributed by atoms with Crippen LogP contribution in [0.2, 0.25) is 0 Å². The fourth-order valence-corrected chi connectivity index (χ4v) is 2.27. The molecule has 4 nitrogen and oxygen atoms in total. The maximum Gasteiger partial charge on any atom is 0.471 e. The second kappa shape index (κ2) is 6.28. The van der Waals surface area contributed by atoms with E-state index in [1.165, 1.54) is 0 Å². The number of carbonyl (C=O) groups is 2. The van der Waals surface area contributed by atoms with Crippen LogP contribution in [0, 0.1) is 0 Å². The Morgan fingerprint density at radius 3 is 2.75 bits per heavy atom. The van der Waals surface area contributed by atoms with Crippen LogP contribution in [0.25, 0.3) is 0 Å². The van der Waals surface area contributed by atoms with E-state index in [0.29, 0.717) is 12.8 Å². The molecular formula is C13H18F3NO3. The average Bonchev–Trinajstić information content (AvgIpc) is 2.63. The minimum atomic E-state index is -5.01. The molecule has 114 valence electrons. The molecule has 1 aliphatic rings. The molecule has 0 aliphatic carbocycles. The topological polar surface area (TPSA) is 55.4 Å². The highest BCUT2D eigenvalue weighted by atomic mass is 19.4. The summed E-state index contributed by atoms with van der Waals surface area (Å²) < 4.78 is 41.8. The second-order valence-corrected chi connectivity index (χ2v) is 4.93. The molecule has 0 spiro atoms. The van der Waals surface area contributed by atoms with Gasteiger partial charge in [0.25, 0.3) is 0 Å². The fourth-order valence-electron chi connectivity index (χ4n) is 2.27. The Balaban J connectivity index is 2.75. The highest BCUT2D eigenvalue weighted by molar-refractivity contribution is 5.88. The molecule has 1 N–H and O–H groups in total. The van der Waals surface area contributed by atoms with E-state index in [9.17, 15) is 22.8 Å². The summed E-state index contributed by atoms with van der Waals surface area (Å²) in [6.07, 6.45) is -0.849. The summed E-state index contributed by atoms with van der Waals surface area (Å²) in [5.41, 5.74) is -0.849. The largest absolute Gasteiger partial charge is 0.471 e. The third-order valence-electron chi connectivity index (χ3n) is 3.24. The number of esters is 1. The van der Waals surface area contributed by atoms with Crippen molar-refractivity contribution in [3.8, 4) is 0 Å². The van der Waals surface area contributed by atoms with E-state index in [0.717, 1.165) is 12.8 Å². The molecule has 2 unspecified atom stereocenters. The molecule has 0 bridgehead atoms. The van der Waals surface area contributed by atoms with Gasteiger partial charge in [-0.15, -0.1) is 6.58 Å². The van der Waals surface area contributed by atoms with Gasteiger partial charge in [-0.1, -0.05) is 19.4 Å². The molecule has 1 saturated heterocycles. The first-order valence-electron chi connectivity index (χ1n) is 6.45. The van der Waals surface area contributed by atoms with Crippen molar-refractivity contribution in [1.82, 2.24) is 5.32 Å². The minimum Gasteiger partial charge on any atom is -0.457 e. The first-order chi connectivity index (χ1) is 9.24. The Kier molecular flexibility index (Phi) is 5.19. The second-order valence-electron chi connectivity index (χ2n) is 4.93. The summed E-state index contributed by atoms with van der Waals surface area (Å²) in [4.78, 5) is 22.5. The number of hydrogen-bond acceptors (Lipinski definition) is 3. The van der Waals surface area contributed by atoms with Crippen LogP contribution >= 0.6 is 0 Å². The van der Waals surface area contributed by atoms with Crippen molar-refractivity contribution in [2.24, 2.45) is 0 Å². The highest BCUT2D eigenvalue weighted by Crippen LogP contribution is 2.35. The summed E-state index contributed by atoms with van der Waals surface area (Å²) in [5, 5.41) is 1.69. The Hall–Kier alpha value is -1.53. The predicted molar refractivity (Wildman–Crippen MR) is 65.8 cm³/mol. The van der Waals surface area contributed by atoms with Gasteiger partial charge in [-0.3, -0.25) is 4.79 Å². The number of alkyl halides is 3. The normalized spacial score (nSPS) is 26.2. The van der Waals surface area contributed by atoms with E-state index in [-0.39, 0.29) is 6.42 Å². The number of cyclic esters (lactones) is 1. The van der Waals surface area contributed by atoms with Crippen molar-refractivity contribution < 1.29 is 27.5 Å². The molecule has 0 aromatic rings. The molecule has 0 saturated carbocycles. The monoisotopic (exact) mass is 293 g/mol. The van der Waals surface area contributed by atoms with Gasteiger partial charge in [0, 0.05) is 12.8 Å². The molecular weight excluding hydrogens is 275 g/mol. The van der Waals surface area contributed by atoms with E-state index >= 15 is 0 Å². The summed E-state index contributed by atoms with van der Waals surface area (Å²) in [5.74, 6) is -2.94. The van der Waals surface area contributed by atoms with Gasteiger partial charge in [0.05, 0.1) is 0 Å². The molecule has 1 heterocycles. The smallest absolute Gasteiger partial charge is 0.457 e. The fraction of sp³-hybridized carbons (Fsp3) is 0.692. The molecule has 20 heavy (non-hydrogen) atoms. The molecule has 0 aromatic heterocycles. The zero-order valence-electron chi connectivity index (χ0n) is 11.3. The summed E-state index contributed by atoms with van der Waals surface area (Å²) in [7, 11) is 0. The Bertz CT molecular complexity index is 395. The third kappa shape index (κ3) is 3.98. The summed E-state index contributed by atoms with van der Waals surface area (Å²) >= 11 is 0. The first kappa shape index (κ1) is 16.5. The van der Waals surface area contributed by atoms with Gasteiger partial charge in [-0.2, -0.15) is 13.2 Å².